The summed E-state index contributed by atoms with van der Waals surface area (Å²) in [6.45, 7) is 0.740. The molecule has 5 nitrogen and oxygen atoms in total. The quantitative estimate of drug-likeness (QED) is 0.810. The number of amides is 1. The van der Waals surface area contributed by atoms with Crippen LogP contribution in [0.2, 0.25) is 0 Å². The zero-order valence-electron chi connectivity index (χ0n) is 14.7. The Kier molecular flexibility index (Phi) is 4.06. The van der Waals surface area contributed by atoms with E-state index >= 15 is 0 Å². The van der Waals surface area contributed by atoms with Gasteiger partial charge in [0.05, 0.1) is 24.3 Å². The molecule has 2 fully saturated rings. The third-order valence-corrected chi connectivity index (χ3v) is 7.91. The maximum Gasteiger partial charge on any atom is 0.230 e. The number of rotatable bonds is 2. The van der Waals surface area contributed by atoms with E-state index in [1.165, 1.54) is 0 Å². The number of sulfone groups is 1. The number of hydrogen-bond donors (Lipinski definition) is 0. The second-order valence-corrected chi connectivity index (χ2v) is 9.98. The summed E-state index contributed by atoms with van der Waals surface area (Å²) in [6.07, 6.45) is 5.09. The topological polar surface area (TPSA) is 63.7 Å². The first-order chi connectivity index (χ1) is 12.0. The molecule has 1 saturated heterocycles. The monoisotopic (exact) mass is 363 g/mol. The van der Waals surface area contributed by atoms with Gasteiger partial charge in [0.25, 0.3) is 0 Å². The Morgan fingerprint density at radius 2 is 2.00 bits per heavy atom. The van der Waals surface area contributed by atoms with Crippen LogP contribution in [-0.4, -0.2) is 39.5 Å². The van der Waals surface area contributed by atoms with Gasteiger partial charge in [-0.3, -0.25) is 4.79 Å². The van der Waals surface area contributed by atoms with Crippen LogP contribution in [-0.2, 0) is 21.1 Å². The minimum Gasteiger partial charge on any atom is -0.496 e. The van der Waals surface area contributed by atoms with Gasteiger partial charge < -0.3 is 9.64 Å². The SMILES string of the molecule is COc1cccc2c1CCCCN2C(=O)C1CC12CCS(=O)(=O)CC2. The smallest absolute Gasteiger partial charge is 0.230 e. The minimum atomic E-state index is -2.89. The number of hydrogen-bond acceptors (Lipinski definition) is 4. The van der Waals surface area contributed by atoms with Crippen molar-refractivity contribution in [2.24, 2.45) is 11.3 Å². The zero-order valence-corrected chi connectivity index (χ0v) is 15.5. The normalized spacial score (nSPS) is 26.6. The highest BCUT2D eigenvalue weighted by molar-refractivity contribution is 7.91. The van der Waals surface area contributed by atoms with Gasteiger partial charge in [-0.05, 0) is 56.1 Å². The third kappa shape index (κ3) is 2.94. The molecule has 25 heavy (non-hydrogen) atoms. The Labute approximate surface area is 149 Å². The molecule has 4 rings (SSSR count). The van der Waals surface area contributed by atoms with Gasteiger partial charge in [-0.1, -0.05) is 6.07 Å². The van der Waals surface area contributed by atoms with E-state index in [4.69, 9.17) is 4.74 Å². The van der Waals surface area contributed by atoms with Gasteiger partial charge in [0, 0.05) is 18.0 Å². The van der Waals surface area contributed by atoms with Crippen molar-refractivity contribution in [3.05, 3.63) is 23.8 Å². The lowest BCUT2D eigenvalue weighted by atomic mass is 9.95. The second kappa shape index (κ2) is 6.01. The summed E-state index contributed by atoms with van der Waals surface area (Å²) in [5, 5.41) is 0. The van der Waals surface area contributed by atoms with Crippen molar-refractivity contribution in [2.45, 2.75) is 38.5 Å². The third-order valence-electron chi connectivity index (χ3n) is 6.25. The van der Waals surface area contributed by atoms with E-state index in [0.717, 1.165) is 49.2 Å². The van der Waals surface area contributed by atoms with Gasteiger partial charge >= 0.3 is 0 Å². The number of carbonyl (C=O) groups excluding carboxylic acids is 1. The van der Waals surface area contributed by atoms with Crippen molar-refractivity contribution in [1.82, 2.24) is 0 Å². The molecule has 136 valence electrons. The second-order valence-electron chi connectivity index (χ2n) is 7.68. The average Bonchev–Trinajstić information content (AvgIpc) is 3.35. The summed E-state index contributed by atoms with van der Waals surface area (Å²) in [5.41, 5.74) is 2.04. The number of anilines is 1. The van der Waals surface area contributed by atoms with Crippen molar-refractivity contribution in [2.75, 3.05) is 30.1 Å². The van der Waals surface area contributed by atoms with Crippen molar-refractivity contribution in [1.29, 1.82) is 0 Å². The van der Waals surface area contributed by atoms with Gasteiger partial charge in [-0.2, -0.15) is 0 Å². The molecule has 1 aliphatic carbocycles. The zero-order chi connectivity index (χ0) is 17.7. The summed E-state index contributed by atoms with van der Waals surface area (Å²) in [7, 11) is -1.22. The molecule has 1 amide bonds. The van der Waals surface area contributed by atoms with Crippen molar-refractivity contribution < 1.29 is 17.9 Å². The van der Waals surface area contributed by atoms with E-state index < -0.39 is 9.84 Å². The highest BCUT2D eigenvalue weighted by Gasteiger charge is 2.60. The summed E-state index contributed by atoms with van der Waals surface area (Å²) < 4.78 is 28.9. The molecule has 2 heterocycles. The molecule has 2 aliphatic heterocycles. The maximum atomic E-state index is 13.2. The fourth-order valence-corrected chi connectivity index (χ4v) is 6.19. The van der Waals surface area contributed by atoms with Crippen LogP contribution >= 0.6 is 0 Å². The first-order valence-corrected chi connectivity index (χ1v) is 11.0. The highest BCUT2D eigenvalue weighted by Crippen LogP contribution is 2.60. The first-order valence-electron chi connectivity index (χ1n) is 9.13. The Balaban J connectivity index is 1.58. The fourth-order valence-electron chi connectivity index (χ4n) is 4.55. The van der Waals surface area contributed by atoms with Gasteiger partial charge in [-0.15, -0.1) is 0 Å². The molecule has 1 aromatic rings. The molecule has 3 aliphatic rings. The highest BCUT2D eigenvalue weighted by atomic mass is 32.2. The molecule has 1 unspecified atom stereocenters. The van der Waals surface area contributed by atoms with E-state index in [9.17, 15) is 13.2 Å². The number of methoxy groups -OCH3 is 1. The van der Waals surface area contributed by atoms with Gasteiger partial charge in [0.2, 0.25) is 5.91 Å². The summed E-state index contributed by atoms with van der Waals surface area (Å²) >= 11 is 0. The standard InChI is InChI=1S/C19H25NO4S/c1-24-17-7-4-6-16-14(17)5-2-3-10-20(16)18(21)15-13-19(15)8-11-25(22,23)12-9-19/h4,6-7,15H,2-3,5,8-13H2,1H3. The number of fused-ring (bicyclic) bond motifs is 1. The first kappa shape index (κ1) is 16.9. The van der Waals surface area contributed by atoms with E-state index in [-0.39, 0.29) is 28.7 Å². The molecule has 1 atom stereocenters. The predicted octanol–water partition coefficient (Wildman–Crippen LogP) is 2.58. The molecular weight excluding hydrogens is 338 g/mol. The molecule has 1 spiro atoms. The van der Waals surface area contributed by atoms with Crippen LogP contribution in [0, 0.1) is 11.3 Å². The van der Waals surface area contributed by atoms with E-state index in [1.807, 2.05) is 23.1 Å². The number of carbonyl (C=O) groups is 1. The van der Waals surface area contributed by atoms with Crippen LogP contribution in [0.5, 0.6) is 5.75 Å². The van der Waals surface area contributed by atoms with E-state index in [0.29, 0.717) is 12.8 Å². The predicted molar refractivity (Wildman–Crippen MR) is 96.7 cm³/mol. The molecule has 0 bridgehead atoms. The van der Waals surface area contributed by atoms with Crippen molar-refractivity contribution in [3.63, 3.8) is 0 Å². The Morgan fingerprint density at radius 3 is 2.72 bits per heavy atom. The van der Waals surface area contributed by atoms with Crippen LogP contribution < -0.4 is 9.64 Å². The summed E-state index contributed by atoms with van der Waals surface area (Å²) in [6, 6.07) is 5.91. The Bertz CT molecular complexity index is 788. The lowest BCUT2D eigenvalue weighted by Crippen LogP contribution is -2.36. The Morgan fingerprint density at radius 1 is 1.24 bits per heavy atom. The number of ether oxygens (including phenoxy) is 1. The average molecular weight is 363 g/mol. The van der Waals surface area contributed by atoms with Gasteiger partial charge in [0.15, 0.2) is 0 Å². The van der Waals surface area contributed by atoms with Crippen molar-refractivity contribution in [3.8, 4) is 5.75 Å². The Hall–Kier alpha value is -1.56. The summed E-state index contributed by atoms with van der Waals surface area (Å²) in [5.74, 6) is 1.49. The minimum absolute atomic E-state index is 0.0137. The van der Waals surface area contributed by atoms with Crippen LogP contribution in [0.1, 0.15) is 37.7 Å². The lowest BCUT2D eigenvalue weighted by Gasteiger charge is -2.27. The van der Waals surface area contributed by atoms with E-state index in [1.54, 1.807) is 7.11 Å². The van der Waals surface area contributed by atoms with Gasteiger partial charge in [-0.25, -0.2) is 8.42 Å². The molecule has 0 radical (unpaired) electrons. The molecule has 0 aromatic heterocycles. The molecule has 6 heteroatoms. The van der Waals surface area contributed by atoms with Crippen LogP contribution in [0.4, 0.5) is 5.69 Å². The molecule has 1 aromatic carbocycles. The molecule has 0 N–H and O–H groups in total. The fraction of sp³-hybridized carbons (Fsp3) is 0.632. The largest absolute Gasteiger partial charge is 0.496 e. The molecule has 1 saturated carbocycles. The van der Waals surface area contributed by atoms with Crippen LogP contribution in [0.15, 0.2) is 18.2 Å². The van der Waals surface area contributed by atoms with Crippen LogP contribution in [0.3, 0.4) is 0 Å². The molecular formula is C19H25NO4S. The lowest BCUT2D eigenvalue weighted by molar-refractivity contribution is -0.120. The summed E-state index contributed by atoms with van der Waals surface area (Å²) in [4.78, 5) is 15.2. The van der Waals surface area contributed by atoms with Gasteiger partial charge in [0.1, 0.15) is 15.6 Å². The number of nitrogens with zero attached hydrogens (tertiary/aromatic N) is 1. The maximum absolute atomic E-state index is 13.2. The van der Waals surface area contributed by atoms with Crippen LogP contribution in [0.25, 0.3) is 0 Å². The number of benzene rings is 1. The van der Waals surface area contributed by atoms with E-state index in [2.05, 4.69) is 0 Å². The van der Waals surface area contributed by atoms with Crippen molar-refractivity contribution >= 4 is 21.4 Å².